The molecule has 0 aliphatic rings. The summed E-state index contributed by atoms with van der Waals surface area (Å²) in [6.07, 6.45) is 0. The lowest BCUT2D eigenvalue weighted by molar-refractivity contribution is 0.103. The molecule has 0 N–H and O–H groups in total. The zero-order valence-electron chi connectivity index (χ0n) is 9.91. The topological polar surface area (TPSA) is 26.3 Å². The molecule has 0 saturated carbocycles. The first-order valence-corrected chi connectivity index (χ1v) is 6.15. The molecule has 0 amide bonds. The minimum absolute atomic E-state index is 0.0528. The van der Waals surface area contributed by atoms with E-state index in [2.05, 4.69) is 15.9 Å². The smallest absolute Gasteiger partial charge is 0.193 e. The molecule has 98 valence electrons. The van der Waals surface area contributed by atoms with Crippen molar-refractivity contribution in [3.8, 4) is 5.75 Å². The number of benzene rings is 2. The molecule has 19 heavy (non-hydrogen) atoms. The molecule has 0 atom stereocenters. The van der Waals surface area contributed by atoms with Crippen LogP contribution in [0, 0.1) is 11.6 Å². The van der Waals surface area contributed by atoms with Crippen molar-refractivity contribution >= 4 is 21.7 Å². The van der Waals surface area contributed by atoms with Crippen molar-refractivity contribution < 1.29 is 18.3 Å². The van der Waals surface area contributed by atoms with Gasteiger partial charge in [0.25, 0.3) is 0 Å². The van der Waals surface area contributed by atoms with E-state index in [9.17, 15) is 13.6 Å². The van der Waals surface area contributed by atoms with Crippen LogP contribution in [0.5, 0.6) is 5.75 Å². The molecule has 2 aromatic rings. The molecule has 5 heteroatoms. The average molecular weight is 327 g/mol. The molecule has 0 aliphatic carbocycles. The van der Waals surface area contributed by atoms with Crippen LogP contribution in [0.4, 0.5) is 8.78 Å². The molecule has 0 bridgehead atoms. The number of rotatable bonds is 3. The van der Waals surface area contributed by atoms with Gasteiger partial charge in [0.1, 0.15) is 5.82 Å². The lowest BCUT2D eigenvalue weighted by atomic mass is 10.0. The van der Waals surface area contributed by atoms with E-state index in [-0.39, 0.29) is 16.9 Å². The van der Waals surface area contributed by atoms with E-state index in [4.69, 9.17) is 4.74 Å². The van der Waals surface area contributed by atoms with Crippen LogP contribution in [0.1, 0.15) is 15.9 Å². The third-order valence-electron chi connectivity index (χ3n) is 2.54. The predicted molar refractivity (Wildman–Crippen MR) is 70.5 cm³/mol. The molecule has 2 aromatic carbocycles. The Labute approximate surface area is 117 Å². The van der Waals surface area contributed by atoms with Crippen molar-refractivity contribution in [2.45, 2.75) is 0 Å². The molecule has 0 spiro atoms. The summed E-state index contributed by atoms with van der Waals surface area (Å²) >= 11 is 3.10. The highest BCUT2D eigenvalue weighted by Crippen LogP contribution is 2.22. The fraction of sp³-hybridized carbons (Fsp3) is 0.0714. The van der Waals surface area contributed by atoms with Crippen LogP contribution >= 0.6 is 15.9 Å². The number of carbonyl (C=O) groups is 1. The Bertz CT molecular complexity index is 621. The minimum Gasteiger partial charge on any atom is -0.494 e. The third kappa shape index (κ3) is 2.98. The van der Waals surface area contributed by atoms with Gasteiger partial charge in [0.15, 0.2) is 17.3 Å². The summed E-state index contributed by atoms with van der Waals surface area (Å²) in [6.45, 7) is 0. The van der Waals surface area contributed by atoms with E-state index in [0.29, 0.717) is 4.47 Å². The molecule has 2 rings (SSSR count). The van der Waals surface area contributed by atoms with E-state index in [1.807, 2.05) is 0 Å². The maximum Gasteiger partial charge on any atom is 0.193 e. The Balaban J connectivity index is 2.41. The molecule has 0 heterocycles. The highest BCUT2D eigenvalue weighted by atomic mass is 79.9. The van der Waals surface area contributed by atoms with Crippen molar-refractivity contribution in [1.82, 2.24) is 0 Å². The molecule has 0 radical (unpaired) electrons. The lowest BCUT2D eigenvalue weighted by Gasteiger charge is -2.05. The van der Waals surface area contributed by atoms with Crippen molar-refractivity contribution in [3.05, 3.63) is 63.6 Å². The van der Waals surface area contributed by atoms with Crippen molar-refractivity contribution in [1.29, 1.82) is 0 Å². The van der Waals surface area contributed by atoms with Crippen LogP contribution in [0.25, 0.3) is 0 Å². The Kier molecular flexibility index (Phi) is 3.95. The summed E-state index contributed by atoms with van der Waals surface area (Å²) in [4.78, 5) is 12.1. The second kappa shape index (κ2) is 5.48. The molecule has 2 nitrogen and oxygen atoms in total. The van der Waals surface area contributed by atoms with Crippen LogP contribution < -0.4 is 4.74 Å². The quantitative estimate of drug-likeness (QED) is 0.798. The number of halogens is 3. The zero-order chi connectivity index (χ0) is 14.0. The SMILES string of the molecule is COc1ccc(C(=O)c2cc(F)cc(Br)c2)cc1F. The number of methoxy groups -OCH3 is 1. The van der Waals surface area contributed by atoms with Crippen LogP contribution in [0.2, 0.25) is 0 Å². The second-order valence-corrected chi connectivity index (χ2v) is 4.75. The maximum absolute atomic E-state index is 13.5. The van der Waals surface area contributed by atoms with Crippen LogP contribution in [-0.4, -0.2) is 12.9 Å². The van der Waals surface area contributed by atoms with E-state index in [1.165, 1.54) is 31.4 Å². The Hall–Kier alpha value is -1.75. The van der Waals surface area contributed by atoms with Gasteiger partial charge >= 0.3 is 0 Å². The van der Waals surface area contributed by atoms with Gasteiger partial charge in [-0.2, -0.15) is 0 Å². The maximum atomic E-state index is 13.5. The number of ether oxygens (including phenoxy) is 1. The second-order valence-electron chi connectivity index (χ2n) is 3.84. The first kappa shape index (κ1) is 13.7. The van der Waals surface area contributed by atoms with Crippen LogP contribution in [0.3, 0.4) is 0 Å². The van der Waals surface area contributed by atoms with Gasteiger partial charge in [-0.05, 0) is 36.4 Å². The van der Waals surface area contributed by atoms with Gasteiger partial charge in [-0.15, -0.1) is 0 Å². The monoisotopic (exact) mass is 326 g/mol. The molecule has 0 fully saturated rings. The summed E-state index contributed by atoms with van der Waals surface area (Å²) in [6, 6.07) is 7.69. The predicted octanol–water partition coefficient (Wildman–Crippen LogP) is 3.97. The highest BCUT2D eigenvalue weighted by Gasteiger charge is 2.13. The van der Waals surface area contributed by atoms with E-state index < -0.39 is 17.4 Å². The standard InChI is InChI=1S/C14H9BrF2O2/c1-19-13-3-2-8(6-12(13)17)14(18)9-4-10(15)7-11(16)5-9/h2-7H,1H3. The van der Waals surface area contributed by atoms with Crippen molar-refractivity contribution in [3.63, 3.8) is 0 Å². The number of carbonyl (C=O) groups excluding carboxylic acids is 1. The first-order chi connectivity index (χ1) is 9.01. The largest absolute Gasteiger partial charge is 0.494 e. The summed E-state index contributed by atoms with van der Waals surface area (Å²) in [5.74, 6) is -1.57. The molecular formula is C14H9BrF2O2. The Morgan fingerprint density at radius 2 is 1.84 bits per heavy atom. The van der Waals surface area contributed by atoms with Crippen LogP contribution in [-0.2, 0) is 0 Å². The normalized spacial score (nSPS) is 10.3. The minimum atomic E-state index is -0.635. The van der Waals surface area contributed by atoms with Crippen LogP contribution in [0.15, 0.2) is 40.9 Å². The Morgan fingerprint density at radius 3 is 2.42 bits per heavy atom. The zero-order valence-corrected chi connectivity index (χ0v) is 11.5. The number of hydrogen-bond donors (Lipinski definition) is 0. The van der Waals surface area contributed by atoms with Gasteiger partial charge in [-0.3, -0.25) is 4.79 Å². The highest BCUT2D eigenvalue weighted by molar-refractivity contribution is 9.10. The molecule has 0 unspecified atom stereocenters. The summed E-state index contributed by atoms with van der Waals surface area (Å²) in [5.41, 5.74) is 0.284. The lowest BCUT2D eigenvalue weighted by Crippen LogP contribution is -2.03. The van der Waals surface area contributed by atoms with Crippen molar-refractivity contribution in [2.75, 3.05) is 7.11 Å². The van der Waals surface area contributed by atoms with E-state index in [1.54, 1.807) is 0 Å². The Morgan fingerprint density at radius 1 is 1.11 bits per heavy atom. The molecular weight excluding hydrogens is 318 g/mol. The molecule has 0 aliphatic heterocycles. The summed E-state index contributed by atoms with van der Waals surface area (Å²) < 4.78 is 32.0. The summed E-state index contributed by atoms with van der Waals surface area (Å²) in [7, 11) is 1.34. The molecule has 0 saturated heterocycles. The van der Waals surface area contributed by atoms with Crippen molar-refractivity contribution in [2.24, 2.45) is 0 Å². The number of ketones is 1. The van der Waals surface area contributed by atoms with Gasteiger partial charge in [0, 0.05) is 15.6 Å². The van der Waals surface area contributed by atoms with E-state index >= 15 is 0 Å². The summed E-state index contributed by atoms with van der Waals surface area (Å²) in [5, 5.41) is 0. The number of hydrogen-bond acceptors (Lipinski definition) is 2. The fourth-order valence-corrected chi connectivity index (χ4v) is 2.12. The first-order valence-electron chi connectivity index (χ1n) is 5.35. The van der Waals surface area contributed by atoms with Gasteiger partial charge in [0.2, 0.25) is 0 Å². The van der Waals surface area contributed by atoms with Gasteiger partial charge in [-0.25, -0.2) is 8.78 Å². The van der Waals surface area contributed by atoms with Gasteiger partial charge in [0.05, 0.1) is 7.11 Å². The van der Waals surface area contributed by atoms with E-state index in [0.717, 1.165) is 12.1 Å². The molecule has 0 aromatic heterocycles. The third-order valence-corrected chi connectivity index (χ3v) is 3.00. The van der Waals surface area contributed by atoms with Gasteiger partial charge < -0.3 is 4.74 Å². The van der Waals surface area contributed by atoms with Gasteiger partial charge in [-0.1, -0.05) is 15.9 Å². The fourth-order valence-electron chi connectivity index (χ4n) is 1.66. The average Bonchev–Trinajstić information content (AvgIpc) is 2.36.